The molecule has 0 nitrogen and oxygen atoms in total. The highest BCUT2D eigenvalue weighted by atomic mass is 14.2. The number of hydrogen-bond acceptors (Lipinski definition) is 0. The van der Waals surface area contributed by atoms with Crippen molar-refractivity contribution in [3.8, 4) is 0 Å². The van der Waals surface area contributed by atoms with Gasteiger partial charge in [-0.05, 0) is 91.2 Å². The van der Waals surface area contributed by atoms with Crippen LogP contribution in [0.15, 0.2) is 36.4 Å². The van der Waals surface area contributed by atoms with Gasteiger partial charge in [-0.1, -0.05) is 36.4 Å². The van der Waals surface area contributed by atoms with E-state index in [4.69, 9.17) is 0 Å². The molecule has 0 aromatic heterocycles. The molecule has 0 heterocycles. The molecule has 2 aromatic carbocycles. The van der Waals surface area contributed by atoms with Gasteiger partial charge in [0.1, 0.15) is 0 Å². The van der Waals surface area contributed by atoms with Crippen molar-refractivity contribution in [1.82, 2.24) is 0 Å². The summed E-state index contributed by atoms with van der Waals surface area (Å²) in [5.41, 5.74) is 9.73. The predicted octanol–water partition coefficient (Wildman–Crippen LogP) is 5.04. The Labute approximate surface area is 128 Å². The summed E-state index contributed by atoms with van der Waals surface area (Å²) in [7, 11) is 0. The second-order valence-electron chi connectivity index (χ2n) is 6.70. The van der Waals surface area contributed by atoms with Crippen LogP contribution in [-0.4, -0.2) is 0 Å². The molecule has 0 spiro atoms. The first-order chi connectivity index (χ1) is 10.4. The molecule has 108 valence electrons. The zero-order chi connectivity index (χ0) is 14.1. The van der Waals surface area contributed by atoms with E-state index in [2.05, 4.69) is 36.4 Å². The van der Waals surface area contributed by atoms with E-state index in [1.54, 1.807) is 33.4 Å². The highest BCUT2D eigenvalue weighted by Gasteiger charge is 2.16. The Bertz CT molecular complexity index is 594. The molecule has 0 saturated carbocycles. The topological polar surface area (TPSA) is 0 Å². The molecule has 0 radical (unpaired) electrons. The van der Waals surface area contributed by atoms with E-state index in [-0.39, 0.29) is 0 Å². The van der Waals surface area contributed by atoms with E-state index in [9.17, 15) is 0 Å². The molecule has 0 amide bonds. The minimum absolute atomic E-state index is 1.15. The summed E-state index contributed by atoms with van der Waals surface area (Å²) in [6.07, 6.45) is 11.8. The van der Waals surface area contributed by atoms with Gasteiger partial charge in [0.2, 0.25) is 0 Å². The zero-order valence-electron chi connectivity index (χ0n) is 12.8. The third-order valence-corrected chi connectivity index (χ3v) is 5.37. The third kappa shape index (κ3) is 2.52. The second kappa shape index (κ2) is 5.67. The smallest absolute Gasteiger partial charge is 0.00201 e. The average molecular weight is 276 g/mol. The van der Waals surface area contributed by atoms with E-state index < -0.39 is 0 Å². The molecule has 0 bridgehead atoms. The van der Waals surface area contributed by atoms with Crippen LogP contribution in [0.1, 0.15) is 59.1 Å². The Morgan fingerprint density at radius 3 is 1.57 bits per heavy atom. The highest BCUT2D eigenvalue weighted by molar-refractivity contribution is 5.44. The number of fused-ring (bicyclic) bond motifs is 2. The quantitative estimate of drug-likeness (QED) is 0.721. The van der Waals surface area contributed by atoms with Gasteiger partial charge in [0.15, 0.2) is 0 Å². The molecule has 0 unspecified atom stereocenters. The van der Waals surface area contributed by atoms with Crippen molar-refractivity contribution < 1.29 is 0 Å². The third-order valence-electron chi connectivity index (χ3n) is 5.37. The average Bonchev–Trinajstić information content (AvgIpc) is 2.56. The van der Waals surface area contributed by atoms with Gasteiger partial charge in [-0.3, -0.25) is 0 Å². The van der Waals surface area contributed by atoms with Crippen LogP contribution < -0.4 is 0 Å². The highest BCUT2D eigenvalue weighted by Crippen LogP contribution is 2.29. The summed E-state index contributed by atoms with van der Waals surface area (Å²) in [4.78, 5) is 0. The molecule has 0 heteroatoms. The lowest BCUT2D eigenvalue weighted by Gasteiger charge is -2.22. The summed E-state index contributed by atoms with van der Waals surface area (Å²) < 4.78 is 0. The van der Waals surface area contributed by atoms with E-state index in [0.717, 1.165) is 6.42 Å². The van der Waals surface area contributed by atoms with Crippen LogP contribution in [0.25, 0.3) is 0 Å². The molecule has 0 N–H and O–H groups in total. The second-order valence-corrected chi connectivity index (χ2v) is 6.70. The summed E-state index contributed by atoms with van der Waals surface area (Å²) in [6, 6.07) is 14.0. The monoisotopic (exact) mass is 276 g/mol. The van der Waals surface area contributed by atoms with Crippen molar-refractivity contribution >= 4 is 0 Å². The molecule has 21 heavy (non-hydrogen) atoms. The normalized spacial score (nSPS) is 17.1. The van der Waals surface area contributed by atoms with E-state index in [1.807, 2.05) is 0 Å². The minimum atomic E-state index is 1.15. The molecule has 0 aliphatic heterocycles. The van der Waals surface area contributed by atoms with Crippen LogP contribution >= 0.6 is 0 Å². The molecule has 4 rings (SSSR count). The number of aryl methyl sites for hydroxylation is 2. The summed E-state index contributed by atoms with van der Waals surface area (Å²) in [5.74, 6) is 0. The molecule has 2 aromatic rings. The number of rotatable bonds is 2. The van der Waals surface area contributed by atoms with Gasteiger partial charge in [-0.25, -0.2) is 0 Å². The van der Waals surface area contributed by atoms with Crippen LogP contribution in [0.4, 0.5) is 0 Å². The van der Waals surface area contributed by atoms with Crippen molar-refractivity contribution in [2.75, 3.05) is 0 Å². The predicted molar refractivity (Wildman–Crippen MR) is 89.0 cm³/mol. The van der Waals surface area contributed by atoms with Gasteiger partial charge in [0.25, 0.3) is 0 Å². The van der Waals surface area contributed by atoms with Gasteiger partial charge in [0, 0.05) is 0 Å². The molecule has 2 aliphatic carbocycles. The number of hydrogen-bond donors (Lipinski definition) is 0. The fourth-order valence-electron chi connectivity index (χ4n) is 4.26. The largest absolute Gasteiger partial charge is 0.0617 e. The van der Waals surface area contributed by atoms with Gasteiger partial charge < -0.3 is 0 Å². The van der Waals surface area contributed by atoms with Crippen LogP contribution in [0.2, 0.25) is 0 Å². The SMILES string of the molecule is c1cc2c(c(Cc3cccc4c3CCCC4)c1)CCCC2. The Morgan fingerprint density at radius 1 is 0.571 bits per heavy atom. The van der Waals surface area contributed by atoms with Crippen molar-refractivity contribution in [3.05, 3.63) is 69.8 Å². The van der Waals surface area contributed by atoms with Gasteiger partial charge in [-0.15, -0.1) is 0 Å². The fourth-order valence-corrected chi connectivity index (χ4v) is 4.26. The van der Waals surface area contributed by atoms with Gasteiger partial charge in [-0.2, -0.15) is 0 Å². The van der Waals surface area contributed by atoms with E-state index in [0.29, 0.717) is 0 Å². The lowest BCUT2D eigenvalue weighted by atomic mass is 9.83. The van der Waals surface area contributed by atoms with Crippen molar-refractivity contribution in [3.63, 3.8) is 0 Å². The van der Waals surface area contributed by atoms with E-state index >= 15 is 0 Å². The van der Waals surface area contributed by atoms with Crippen LogP contribution in [0.3, 0.4) is 0 Å². The Morgan fingerprint density at radius 2 is 1.05 bits per heavy atom. The van der Waals surface area contributed by atoms with Crippen LogP contribution in [0.5, 0.6) is 0 Å². The summed E-state index contributed by atoms with van der Waals surface area (Å²) in [6.45, 7) is 0. The van der Waals surface area contributed by atoms with E-state index in [1.165, 1.54) is 51.4 Å². The first-order valence-electron chi connectivity index (χ1n) is 8.61. The molecular formula is C21H24. The lowest BCUT2D eigenvalue weighted by molar-refractivity contribution is 0.673. The fraction of sp³-hybridized carbons (Fsp3) is 0.429. The van der Waals surface area contributed by atoms with Gasteiger partial charge in [0.05, 0.1) is 0 Å². The molecule has 2 aliphatic rings. The number of benzene rings is 2. The van der Waals surface area contributed by atoms with Gasteiger partial charge >= 0.3 is 0 Å². The van der Waals surface area contributed by atoms with Crippen LogP contribution in [-0.2, 0) is 32.1 Å². The maximum absolute atomic E-state index is 2.37. The first-order valence-corrected chi connectivity index (χ1v) is 8.61. The molecule has 0 atom stereocenters. The summed E-state index contributed by atoms with van der Waals surface area (Å²) in [5, 5.41) is 0. The molecule has 0 saturated heterocycles. The Kier molecular flexibility index (Phi) is 3.55. The molecule has 0 fully saturated rings. The maximum Gasteiger partial charge on any atom is -0.00201 e. The standard InChI is InChI=1S/C21H24/c1-3-13-20-16(7-1)9-5-11-18(20)15-19-12-6-10-17-8-2-4-14-21(17)19/h5-6,9-12H,1-4,7-8,13-15H2. The Hall–Kier alpha value is -1.56. The lowest BCUT2D eigenvalue weighted by Crippen LogP contribution is -2.10. The van der Waals surface area contributed by atoms with Crippen molar-refractivity contribution in [1.29, 1.82) is 0 Å². The van der Waals surface area contributed by atoms with Crippen molar-refractivity contribution in [2.24, 2.45) is 0 Å². The first kappa shape index (κ1) is 13.1. The minimum Gasteiger partial charge on any atom is -0.0617 e. The maximum atomic E-state index is 2.37. The van der Waals surface area contributed by atoms with Crippen molar-refractivity contribution in [2.45, 2.75) is 57.8 Å². The summed E-state index contributed by atoms with van der Waals surface area (Å²) >= 11 is 0. The Balaban J connectivity index is 1.71. The zero-order valence-corrected chi connectivity index (χ0v) is 12.8. The van der Waals surface area contributed by atoms with Crippen LogP contribution in [0, 0.1) is 0 Å². The molecular weight excluding hydrogens is 252 g/mol.